The van der Waals surface area contributed by atoms with Gasteiger partial charge in [0.25, 0.3) is 0 Å². The van der Waals surface area contributed by atoms with E-state index in [4.69, 9.17) is 0 Å². The lowest BCUT2D eigenvalue weighted by atomic mass is 9.46. The quantitative estimate of drug-likeness (QED) is 0.725. The van der Waals surface area contributed by atoms with Crippen LogP contribution in [0.25, 0.3) is 0 Å². The zero-order valence-corrected chi connectivity index (χ0v) is 15.3. The Balaban J connectivity index is 1.58. The first-order valence-corrected chi connectivity index (χ1v) is 9.42. The largest absolute Gasteiger partial charge is 0.281 e. The molecule has 2 unspecified atom stereocenters. The van der Waals surface area contributed by atoms with Gasteiger partial charge in [0.1, 0.15) is 0 Å². The van der Waals surface area contributed by atoms with Crippen molar-refractivity contribution in [1.29, 1.82) is 0 Å². The van der Waals surface area contributed by atoms with Crippen molar-refractivity contribution in [2.45, 2.75) is 66.7 Å². The molecule has 5 fully saturated rings. The summed E-state index contributed by atoms with van der Waals surface area (Å²) in [6.45, 7) is 10.9. The van der Waals surface area contributed by atoms with Gasteiger partial charge in [0.05, 0.1) is 10.8 Å². The van der Waals surface area contributed by atoms with Gasteiger partial charge in [-0.15, -0.1) is 0 Å². The van der Waals surface area contributed by atoms with Crippen molar-refractivity contribution in [1.82, 2.24) is 4.90 Å². The Kier molecular flexibility index (Phi) is 3.00. The third-order valence-corrected chi connectivity index (χ3v) is 8.29. The number of carbonyl (C=O) groups excluding carboxylic acids is 2. The summed E-state index contributed by atoms with van der Waals surface area (Å²) in [6, 6.07) is 0. The van der Waals surface area contributed by atoms with E-state index in [1.165, 1.54) is 32.1 Å². The molecule has 1 saturated heterocycles. The van der Waals surface area contributed by atoms with Gasteiger partial charge in [0.2, 0.25) is 11.8 Å². The van der Waals surface area contributed by atoms with Crippen LogP contribution in [-0.4, -0.2) is 23.3 Å². The minimum atomic E-state index is -0.581. The lowest BCUT2D eigenvalue weighted by molar-refractivity contribution is -0.146. The molecular formula is C20H31NO2. The van der Waals surface area contributed by atoms with E-state index >= 15 is 0 Å². The van der Waals surface area contributed by atoms with Crippen LogP contribution in [-0.2, 0) is 9.59 Å². The maximum absolute atomic E-state index is 12.9. The van der Waals surface area contributed by atoms with Gasteiger partial charge in [0.15, 0.2) is 0 Å². The van der Waals surface area contributed by atoms with Crippen molar-refractivity contribution in [2.24, 2.45) is 39.9 Å². The molecule has 0 aromatic heterocycles. The highest BCUT2D eigenvalue weighted by Crippen LogP contribution is 2.62. The van der Waals surface area contributed by atoms with E-state index in [2.05, 4.69) is 6.92 Å². The van der Waals surface area contributed by atoms with Gasteiger partial charge in [-0.05, 0) is 88.9 Å². The molecule has 0 spiro atoms. The average Bonchev–Trinajstić information content (AvgIpc) is 2.53. The van der Waals surface area contributed by atoms with E-state index in [1.54, 1.807) is 4.90 Å². The van der Waals surface area contributed by atoms with Gasteiger partial charge in [-0.25, -0.2) is 0 Å². The number of amides is 2. The molecule has 128 valence electrons. The third-order valence-electron chi connectivity index (χ3n) is 8.29. The summed E-state index contributed by atoms with van der Waals surface area (Å²) in [7, 11) is 0. The normalized spacial score (nSPS) is 46.7. The van der Waals surface area contributed by atoms with Crippen LogP contribution in [0.4, 0.5) is 0 Å². The summed E-state index contributed by atoms with van der Waals surface area (Å²) < 4.78 is 0. The Hall–Kier alpha value is -0.860. The van der Waals surface area contributed by atoms with Gasteiger partial charge in [-0.2, -0.15) is 0 Å². The molecule has 4 bridgehead atoms. The Morgan fingerprint density at radius 3 is 1.78 bits per heavy atom. The van der Waals surface area contributed by atoms with Crippen LogP contribution >= 0.6 is 0 Å². The molecule has 4 saturated carbocycles. The minimum absolute atomic E-state index is 0.0486. The summed E-state index contributed by atoms with van der Waals surface area (Å²) in [4.78, 5) is 27.4. The van der Waals surface area contributed by atoms with E-state index in [9.17, 15) is 9.59 Å². The predicted octanol–water partition coefficient (Wildman–Crippen LogP) is 3.87. The van der Waals surface area contributed by atoms with Crippen LogP contribution < -0.4 is 0 Å². The summed E-state index contributed by atoms with van der Waals surface area (Å²) >= 11 is 0. The number of hydrogen-bond donors (Lipinski definition) is 0. The molecule has 1 heterocycles. The summed E-state index contributed by atoms with van der Waals surface area (Å²) in [5.74, 6) is 3.03. The highest BCUT2D eigenvalue weighted by molar-refractivity contribution is 6.08. The Morgan fingerprint density at radius 1 is 0.870 bits per heavy atom. The molecule has 0 aromatic rings. The number of imide groups is 1. The Morgan fingerprint density at radius 2 is 1.35 bits per heavy atom. The van der Waals surface area contributed by atoms with Gasteiger partial charge < -0.3 is 0 Å². The molecule has 1 aliphatic heterocycles. The first-order valence-electron chi connectivity index (χ1n) is 9.42. The molecule has 3 heteroatoms. The van der Waals surface area contributed by atoms with Gasteiger partial charge in [-0.3, -0.25) is 14.5 Å². The molecule has 0 radical (unpaired) electrons. The van der Waals surface area contributed by atoms with Crippen LogP contribution in [0.3, 0.4) is 0 Å². The number of rotatable bonds is 2. The SMILES string of the molecule is CC12CC3CC(C1)C(CN1C(=O)C(C)(C)C(C)(C)C1=O)C(C3)C2. The van der Waals surface area contributed by atoms with E-state index in [1.807, 2.05) is 27.7 Å². The van der Waals surface area contributed by atoms with Crippen LogP contribution in [0.5, 0.6) is 0 Å². The smallest absolute Gasteiger partial charge is 0.235 e. The molecule has 4 aliphatic carbocycles. The van der Waals surface area contributed by atoms with Gasteiger partial charge in [-0.1, -0.05) is 6.92 Å². The standard InChI is InChI=1S/C20H31NO2/c1-18(2)16(22)21(17(23)19(18,3)4)11-15-13-6-12-7-14(15)10-20(5,8-12)9-13/h12-15H,6-11H2,1-5H3. The summed E-state index contributed by atoms with van der Waals surface area (Å²) in [6.07, 6.45) is 6.70. The molecule has 0 N–H and O–H groups in total. The first-order chi connectivity index (χ1) is 10.6. The highest BCUT2D eigenvalue weighted by atomic mass is 16.2. The zero-order valence-electron chi connectivity index (χ0n) is 15.3. The maximum Gasteiger partial charge on any atom is 0.235 e. The highest BCUT2D eigenvalue weighted by Gasteiger charge is 2.61. The van der Waals surface area contributed by atoms with Crippen molar-refractivity contribution < 1.29 is 9.59 Å². The van der Waals surface area contributed by atoms with Crippen LogP contribution in [0.2, 0.25) is 0 Å². The lowest BCUT2D eigenvalue weighted by Gasteiger charge is -2.59. The number of hydrogen-bond acceptors (Lipinski definition) is 2. The second-order valence-electron chi connectivity index (χ2n) is 10.4. The predicted molar refractivity (Wildman–Crippen MR) is 89.4 cm³/mol. The van der Waals surface area contributed by atoms with E-state index in [0.29, 0.717) is 17.9 Å². The molecule has 2 amide bonds. The Bertz CT molecular complexity index is 534. The molecular weight excluding hydrogens is 286 g/mol. The molecule has 2 atom stereocenters. The average molecular weight is 317 g/mol. The second kappa shape index (κ2) is 4.40. The molecule has 23 heavy (non-hydrogen) atoms. The van der Waals surface area contributed by atoms with Crippen LogP contribution in [0.15, 0.2) is 0 Å². The fourth-order valence-electron chi connectivity index (χ4n) is 6.51. The maximum atomic E-state index is 12.9. The van der Waals surface area contributed by atoms with Crippen molar-refractivity contribution >= 4 is 11.8 Å². The topological polar surface area (TPSA) is 37.4 Å². The van der Waals surface area contributed by atoms with Gasteiger partial charge in [0, 0.05) is 6.54 Å². The van der Waals surface area contributed by atoms with Crippen molar-refractivity contribution in [3.8, 4) is 0 Å². The van der Waals surface area contributed by atoms with Gasteiger partial charge >= 0.3 is 0 Å². The minimum Gasteiger partial charge on any atom is -0.281 e. The molecule has 5 rings (SSSR count). The van der Waals surface area contributed by atoms with Crippen molar-refractivity contribution in [3.05, 3.63) is 0 Å². The molecule has 5 aliphatic rings. The number of carbonyl (C=O) groups is 2. The van der Waals surface area contributed by atoms with Crippen LogP contribution in [0.1, 0.15) is 66.7 Å². The van der Waals surface area contributed by atoms with E-state index < -0.39 is 10.8 Å². The Labute approximate surface area is 140 Å². The summed E-state index contributed by atoms with van der Waals surface area (Å²) in [5, 5.41) is 0. The number of nitrogens with zero attached hydrogens (tertiary/aromatic N) is 1. The first kappa shape index (κ1) is 15.7. The third kappa shape index (κ3) is 1.94. The molecule has 0 aromatic carbocycles. The van der Waals surface area contributed by atoms with Crippen LogP contribution in [0, 0.1) is 39.9 Å². The fraction of sp³-hybridized carbons (Fsp3) is 0.900. The zero-order chi connectivity index (χ0) is 16.8. The fourth-order valence-corrected chi connectivity index (χ4v) is 6.51. The van der Waals surface area contributed by atoms with E-state index in [-0.39, 0.29) is 11.8 Å². The van der Waals surface area contributed by atoms with E-state index in [0.717, 1.165) is 17.8 Å². The summed E-state index contributed by atoms with van der Waals surface area (Å²) in [5.41, 5.74) is -0.617. The van der Waals surface area contributed by atoms with Crippen molar-refractivity contribution in [3.63, 3.8) is 0 Å². The number of likely N-dealkylation sites (tertiary alicyclic amines) is 1. The second-order valence-corrected chi connectivity index (χ2v) is 10.4. The lowest BCUT2D eigenvalue weighted by Crippen LogP contribution is -2.53. The molecule has 3 nitrogen and oxygen atoms in total. The van der Waals surface area contributed by atoms with Crippen molar-refractivity contribution in [2.75, 3.05) is 6.54 Å². The monoisotopic (exact) mass is 317 g/mol.